The van der Waals surface area contributed by atoms with Crippen molar-refractivity contribution in [2.24, 2.45) is 5.73 Å². The van der Waals surface area contributed by atoms with E-state index in [9.17, 15) is 4.79 Å². The molecule has 0 aromatic heterocycles. The molecule has 114 valence electrons. The first kappa shape index (κ1) is 18.4. The van der Waals surface area contributed by atoms with E-state index in [-0.39, 0.29) is 18.1 Å². The minimum atomic E-state index is -0.633. The van der Waals surface area contributed by atoms with Crippen LogP contribution < -0.4 is 11.1 Å². The maximum absolute atomic E-state index is 11.5. The van der Waals surface area contributed by atoms with Gasteiger partial charge in [-0.05, 0) is 47.0 Å². The van der Waals surface area contributed by atoms with Crippen LogP contribution in [0.3, 0.4) is 0 Å². The molecular weight excluding hydrogens is 244 g/mol. The molecule has 1 amide bonds. The van der Waals surface area contributed by atoms with Crippen molar-refractivity contribution in [1.29, 1.82) is 0 Å². The number of nitrogens with two attached hydrogens (primary N) is 1. The van der Waals surface area contributed by atoms with Gasteiger partial charge < -0.3 is 20.5 Å². The fourth-order valence-electron chi connectivity index (χ4n) is 2.05. The first-order valence-electron chi connectivity index (χ1n) is 7.00. The minimum absolute atomic E-state index is 0.112. The number of nitrogens with one attached hydrogen (secondary N) is 1. The number of amides is 1. The monoisotopic (exact) mass is 274 g/mol. The lowest BCUT2D eigenvalue weighted by Crippen LogP contribution is -2.55. The van der Waals surface area contributed by atoms with Gasteiger partial charge in [-0.3, -0.25) is 4.79 Å². The largest absolute Gasteiger partial charge is 0.382 e. The number of methoxy groups -OCH3 is 1. The van der Waals surface area contributed by atoms with E-state index in [4.69, 9.17) is 15.2 Å². The average molecular weight is 274 g/mol. The Morgan fingerprint density at radius 2 is 1.95 bits per heavy atom. The smallest absolute Gasteiger partial charge is 0.237 e. The van der Waals surface area contributed by atoms with Crippen molar-refractivity contribution in [3.8, 4) is 0 Å². The molecule has 0 aromatic carbocycles. The number of primary amides is 1. The van der Waals surface area contributed by atoms with Crippen LogP contribution in [0.5, 0.6) is 0 Å². The van der Waals surface area contributed by atoms with Crippen molar-refractivity contribution < 1.29 is 14.3 Å². The number of carbonyl (C=O) groups excluding carboxylic acids is 1. The normalized spacial score (nSPS) is 16.3. The van der Waals surface area contributed by atoms with E-state index < -0.39 is 5.54 Å². The Bertz CT molecular complexity index is 259. The zero-order valence-electron chi connectivity index (χ0n) is 13.0. The Labute approximate surface area is 117 Å². The molecule has 0 saturated heterocycles. The summed E-state index contributed by atoms with van der Waals surface area (Å²) in [4.78, 5) is 11.5. The number of rotatable bonds is 11. The van der Waals surface area contributed by atoms with Crippen molar-refractivity contribution in [2.75, 3.05) is 20.3 Å². The van der Waals surface area contributed by atoms with Gasteiger partial charge in [-0.2, -0.15) is 0 Å². The third kappa shape index (κ3) is 8.18. The molecule has 0 fully saturated rings. The van der Waals surface area contributed by atoms with Crippen molar-refractivity contribution in [2.45, 2.75) is 64.6 Å². The van der Waals surface area contributed by atoms with Gasteiger partial charge in [0.05, 0.1) is 18.2 Å². The van der Waals surface area contributed by atoms with Gasteiger partial charge in [0.15, 0.2) is 0 Å². The lowest BCUT2D eigenvalue weighted by Gasteiger charge is -2.30. The number of ether oxygens (including phenoxy) is 2. The van der Waals surface area contributed by atoms with Crippen molar-refractivity contribution in [3.05, 3.63) is 0 Å². The van der Waals surface area contributed by atoms with Crippen LogP contribution in [0.25, 0.3) is 0 Å². The predicted molar refractivity (Wildman–Crippen MR) is 77.0 cm³/mol. The fraction of sp³-hybridized carbons (Fsp3) is 0.929. The standard InChI is InChI=1S/C14H30N2O3/c1-11(2)16-14(4,13(15)17)8-6-7-9-19-12(3)10-18-5/h11-12,16H,6-10H2,1-5H3,(H2,15,17). The van der Waals surface area contributed by atoms with Crippen LogP contribution in [0.15, 0.2) is 0 Å². The van der Waals surface area contributed by atoms with Crippen molar-refractivity contribution in [3.63, 3.8) is 0 Å². The van der Waals surface area contributed by atoms with E-state index in [1.165, 1.54) is 0 Å². The van der Waals surface area contributed by atoms with E-state index >= 15 is 0 Å². The predicted octanol–water partition coefficient (Wildman–Crippen LogP) is 1.45. The molecule has 2 atom stereocenters. The zero-order chi connectivity index (χ0) is 14.9. The SMILES string of the molecule is COCC(C)OCCCCC(C)(NC(C)C)C(N)=O. The maximum atomic E-state index is 11.5. The van der Waals surface area contributed by atoms with Crippen LogP contribution >= 0.6 is 0 Å². The molecule has 0 radical (unpaired) electrons. The molecule has 0 aromatic rings. The Morgan fingerprint density at radius 3 is 2.42 bits per heavy atom. The molecule has 0 heterocycles. The molecule has 0 spiro atoms. The summed E-state index contributed by atoms with van der Waals surface area (Å²) < 4.78 is 10.6. The second kappa shape index (κ2) is 9.28. The summed E-state index contributed by atoms with van der Waals surface area (Å²) in [5.74, 6) is -0.296. The maximum Gasteiger partial charge on any atom is 0.237 e. The average Bonchev–Trinajstić information content (AvgIpc) is 2.27. The summed E-state index contributed by atoms with van der Waals surface area (Å²) in [6.45, 7) is 9.16. The highest BCUT2D eigenvalue weighted by molar-refractivity contribution is 5.84. The van der Waals surface area contributed by atoms with E-state index in [2.05, 4.69) is 5.32 Å². The first-order chi connectivity index (χ1) is 8.81. The quantitative estimate of drug-likeness (QED) is 0.559. The molecule has 5 nitrogen and oxygen atoms in total. The number of carbonyl (C=O) groups is 1. The van der Waals surface area contributed by atoms with Gasteiger partial charge in [-0.1, -0.05) is 0 Å². The van der Waals surface area contributed by atoms with Gasteiger partial charge >= 0.3 is 0 Å². The zero-order valence-corrected chi connectivity index (χ0v) is 13.0. The summed E-state index contributed by atoms with van der Waals surface area (Å²) in [6.07, 6.45) is 2.65. The molecule has 19 heavy (non-hydrogen) atoms. The Morgan fingerprint density at radius 1 is 1.32 bits per heavy atom. The molecule has 5 heteroatoms. The molecule has 0 aliphatic rings. The van der Waals surface area contributed by atoms with Crippen LogP contribution in [0.4, 0.5) is 0 Å². The Hall–Kier alpha value is -0.650. The van der Waals surface area contributed by atoms with Gasteiger partial charge in [0, 0.05) is 19.8 Å². The van der Waals surface area contributed by atoms with Gasteiger partial charge in [-0.15, -0.1) is 0 Å². The molecule has 0 rings (SSSR count). The lowest BCUT2D eigenvalue weighted by molar-refractivity contribution is -0.124. The summed E-state index contributed by atoms with van der Waals surface area (Å²) in [5, 5.41) is 3.24. The molecule has 0 aliphatic heterocycles. The van der Waals surface area contributed by atoms with Crippen LogP contribution in [-0.4, -0.2) is 43.9 Å². The van der Waals surface area contributed by atoms with Gasteiger partial charge in [-0.25, -0.2) is 0 Å². The highest BCUT2D eigenvalue weighted by Crippen LogP contribution is 2.14. The number of hydrogen-bond donors (Lipinski definition) is 2. The summed E-state index contributed by atoms with van der Waals surface area (Å²) in [5.41, 5.74) is 4.84. The van der Waals surface area contributed by atoms with Crippen LogP contribution in [0.1, 0.15) is 47.0 Å². The summed E-state index contributed by atoms with van der Waals surface area (Å²) in [6, 6.07) is 0.232. The molecule has 0 bridgehead atoms. The van der Waals surface area contributed by atoms with Crippen molar-refractivity contribution >= 4 is 5.91 Å². The van der Waals surface area contributed by atoms with E-state index in [1.54, 1.807) is 7.11 Å². The summed E-state index contributed by atoms with van der Waals surface area (Å²) in [7, 11) is 1.66. The van der Waals surface area contributed by atoms with Gasteiger partial charge in [0.2, 0.25) is 5.91 Å². The van der Waals surface area contributed by atoms with Crippen LogP contribution in [-0.2, 0) is 14.3 Å². The molecule has 0 saturated carbocycles. The van der Waals surface area contributed by atoms with Crippen LogP contribution in [0.2, 0.25) is 0 Å². The van der Waals surface area contributed by atoms with E-state index in [0.717, 1.165) is 19.3 Å². The lowest BCUT2D eigenvalue weighted by atomic mass is 9.93. The van der Waals surface area contributed by atoms with Gasteiger partial charge in [0.25, 0.3) is 0 Å². The molecular formula is C14H30N2O3. The molecule has 2 unspecified atom stereocenters. The summed E-state index contributed by atoms with van der Waals surface area (Å²) >= 11 is 0. The van der Waals surface area contributed by atoms with E-state index in [0.29, 0.717) is 13.2 Å². The number of hydrogen-bond acceptors (Lipinski definition) is 4. The van der Waals surface area contributed by atoms with Gasteiger partial charge in [0.1, 0.15) is 0 Å². The minimum Gasteiger partial charge on any atom is -0.382 e. The highest BCUT2D eigenvalue weighted by atomic mass is 16.5. The second-order valence-electron chi connectivity index (χ2n) is 5.59. The highest BCUT2D eigenvalue weighted by Gasteiger charge is 2.30. The third-order valence-corrected chi connectivity index (χ3v) is 3.03. The third-order valence-electron chi connectivity index (χ3n) is 3.03. The Balaban J connectivity index is 3.91. The molecule has 3 N–H and O–H groups in total. The van der Waals surface area contributed by atoms with Crippen molar-refractivity contribution in [1.82, 2.24) is 5.32 Å². The molecule has 0 aliphatic carbocycles. The first-order valence-corrected chi connectivity index (χ1v) is 7.00. The van der Waals surface area contributed by atoms with Crippen LogP contribution in [0, 0.1) is 0 Å². The number of unbranched alkanes of at least 4 members (excludes halogenated alkanes) is 1. The Kier molecular flexibility index (Phi) is 8.97. The fourth-order valence-corrected chi connectivity index (χ4v) is 2.05. The van der Waals surface area contributed by atoms with E-state index in [1.807, 2.05) is 27.7 Å². The topological polar surface area (TPSA) is 73.6 Å². The second-order valence-corrected chi connectivity index (χ2v) is 5.59.